The van der Waals surface area contributed by atoms with Crippen molar-refractivity contribution in [1.82, 2.24) is 9.91 Å². The SMILES string of the molecule is C/C(=N/N1CCN(Cc2ccc(Cl)cc2)CC1)c1ccc(O)cc1. The Kier molecular flexibility index (Phi) is 5.38. The van der Waals surface area contributed by atoms with Crippen molar-refractivity contribution >= 4 is 17.3 Å². The van der Waals surface area contributed by atoms with Crippen LogP contribution in [0.2, 0.25) is 5.02 Å². The molecule has 0 unspecified atom stereocenters. The van der Waals surface area contributed by atoms with Crippen LogP contribution in [0.15, 0.2) is 53.6 Å². The Hall–Kier alpha value is -2.04. The third kappa shape index (κ3) is 4.49. The van der Waals surface area contributed by atoms with Gasteiger partial charge in [-0.1, -0.05) is 23.7 Å². The molecule has 3 rings (SSSR count). The molecule has 1 heterocycles. The summed E-state index contributed by atoms with van der Waals surface area (Å²) in [4.78, 5) is 2.44. The number of piperazine rings is 1. The van der Waals surface area contributed by atoms with Crippen LogP contribution in [0.5, 0.6) is 5.75 Å². The molecule has 4 nitrogen and oxygen atoms in total. The molecule has 0 amide bonds. The molecule has 0 atom stereocenters. The molecule has 5 heteroatoms. The normalized spacial score (nSPS) is 16.4. The van der Waals surface area contributed by atoms with E-state index in [1.807, 2.05) is 31.2 Å². The van der Waals surface area contributed by atoms with Gasteiger partial charge in [-0.25, -0.2) is 0 Å². The summed E-state index contributed by atoms with van der Waals surface area (Å²) in [5, 5.41) is 17.0. The fourth-order valence-corrected chi connectivity index (χ4v) is 2.94. The van der Waals surface area contributed by atoms with Crippen LogP contribution in [0.4, 0.5) is 0 Å². The molecule has 24 heavy (non-hydrogen) atoms. The van der Waals surface area contributed by atoms with Crippen LogP contribution >= 0.6 is 11.6 Å². The molecule has 0 radical (unpaired) electrons. The summed E-state index contributed by atoms with van der Waals surface area (Å²) in [5.41, 5.74) is 3.30. The van der Waals surface area contributed by atoms with Gasteiger partial charge in [0.2, 0.25) is 0 Å². The van der Waals surface area contributed by atoms with Crippen molar-refractivity contribution in [3.8, 4) is 5.75 Å². The molecule has 0 aromatic heterocycles. The van der Waals surface area contributed by atoms with Crippen LogP contribution in [0.3, 0.4) is 0 Å². The summed E-state index contributed by atoms with van der Waals surface area (Å²) in [6.07, 6.45) is 0. The van der Waals surface area contributed by atoms with Gasteiger partial charge in [-0.05, 0) is 54.4 Å². The molecule has 1 aliphatic heterocycles. The quantitative estimate of drug-likeness (QED) is 0.862. The molecule has 1 saturated heterocycles. The van der Waals surface area contributed by atoms with Crippen molar-refractivity contribution < 1.29 is 5.11 Å². The van der Waals surface area contributed by atoms with Gasteiger partial charge in [0.1, 0.15) is 5.75 Å². The van der Waals surface area contributed by atoms with Gasteiger partial charge < -0.3 is 5.11 Å². The number of hydrazone groups is 1. The number of rotatable bonds is 4. The van der Waals surface area contributed by atoms with Crippen LogP contribution in [-0.2, 0) is 6.54 Å². The van der Waals surface area contributed by atoms with Crippen LogP contribution in [0, 0.1) is 0 Å². The third-order valence-electron chi connectivity index (χ3n) is 4.24. The molecular weight excluding hydrogens is 322 g/mol. The number of hydrogen-bond donors (Lipinski definition) is 1. The fourth-order valence-electron chi connectivity index (χ4n) is 2.82. The zero-order chi connectivity index (χ0) is 16.9. The van der Waals surface area contributed by atoms with Gasteiger partial charge in [0.05, 0.1) is 5.71 Å². The maximum atomic E-state index is 9.36. The predicted molar refractivity (Wildman–Crippen MR) is 98.6 cm³/mol. The summed E-state index contributed by atoms with van der Waals surface area (Å²) in [5.74, 6) is 0.280. The van der Waals surface area contributed by atoms with Crippen LogP contribution < -0.4 is 0 Å². The maximum Gasteiger partial charge on any atom is 0.115 e. The summed E-state index contributed by atoms with van der Waals surface area (Å²) in [6.45, 7) is 6.79. The molecule has 0 bridgehead atoms. The standard InChI is InChI=1S/C19H22ClN3O/c1-15(17-4-8-19(24)9-5-17)21-23-12-10-22(11-13-23)14-16-2-6-18(20)7-3-16/h2-9,24H,10-14H2,1H3/b21-15-. The number of nitrogens with zero attached hydrogens (tertiary/aromatic N) is 3. The number of phenolic OH excluding ortho intramolecular Hbond substituents is 1. The first-order chi connectivity index (χ1) is 11.6. The monoisotopic (exact) mass is 343 g/mol. The number of phenols is 1. The van der Waals surface area contributed by atoms with Gasteiger partial charge in [0, 0.05) is 37.7 Å². The van der Waals surface area contributed by atoms with E-state index in [2.05, 4.69) is 22.0 Å². The second-order valence-electron chi connectivity index (χ2n) is 6.09. The Balaban J connectivity index is 1.53. The lowest BCUT2D eigenvalue weighted by Gasteiger charge is -2.33. The molecule has 2 aromatic rings. The first-order valence-electron chi connectivity index (χ1n) is 8.16. The Morgan fingerprint density at radius 1 is 1.00 bits per heavy atom. The van der Waals surface area contributed by atoms with E-state index in [1.54, 1.807) is 12.1 Å². The zero-order valence-electron chi connectivity index (χ0n) is 13.8. The van der Waals surface area contributed by atoms with E-state index in [0.717, 1.165) is 49.0 Å². The van der Waals surface area contributed by atoms with E-state index in [9.17, 15) is 5.11 Å². The van der Waals surface area contributed by atoms with E-state index in [4.69, 9.17) is 16.7 Å². The number of hydrogen-bond acceptors (Lipinski definition) is 4. The van der Waals surface area contributed by atoms with E-state index in [1.165, 1.54) is 5.56 Å². The minimum Gasteiger partial charge on any atom is -0.508 e. The third-order valence-corrected chi connectivity index (χ3v) is 4.50. The fraction of sp³-hybridized carbons (Fsp3) is 0.316. The topological polar surface area (TPSA) is 39.1 Å². The minimum atomic E-state index is 0.280. The highest BCUT2D eigenvalue weighted by Crippen LogP contribution is 2.14. The molecule has 0 aliphatic carbocycles. The predicted octanol–water partition coefficient (Wildman–Crippen LogP) is 3.59. The molecule has 2 aromatic carbocycles. The second kappa shape index (κ2) is 7.69. The van der Waals surface area contributed by atoms with E-state index in [-0.39, 0.29) is 5.75 Å². The highest BCUT2D eigenvalue weighted by molar-refractivity contribution is 6.30. The van der Waals surface area contributed by atoms with Gasteiger partial charge in [-0.15, -0.1) is 0 Å². The van der Waals surface area contributed by atoms with Gasteiger partial charge >= 0.3 is 0 Å². The first kappa shape index (κ1) is 16.8. The van der Waals surface area contributed by atoms with Gasteiger partial charge in [-0.2, -0.15) is 5.10 Å². The Labute approximate surface area is 148 Å². The van der Waals surface area contributed by atoms with E-state index >= 15 is 0 Å². The van der Waals surface area contributed by atoms with Crippen LogP contribution in [0.1, 0.15) is 18.1 Å². The molecular formula is C19H22ClN3O. The van der Waals surface area contributed by atoms with Crippen molar-refractivity contribution in [3.05, 3.63) is 64.7 Å². The molecule has 126 valence electrons. The number of aromatic hydroxyl groups is 1. The van der Waals surface area contributed by atoms with Crippen molar-refractivity contribution in [3.63, 3.8) is 0 Å². The van der Waals surface area contributed by atoms with Crippen molar-refractivity contribution in [1.29, 1.82) is 0 Å². The van der Waals surface area contributed by atoms with Crippen molar-refractivity contribution in [2.24, 2.45) is 5.10 Å². The molecule has 1 N–H and O–H groups in total. The number of halogens is 1. The van der Waals surface area contributed by atoms with Crippen LogP contribution in [0.25, 0.3) is 0 Å². The summed E-state index contributed by atoms with van der Waals surface area (Å²) < 4.78 is 0. The molecule has 1 fully saturated rings. The van der Waals surface area contributed by atoms with Crippen molar-refractivity contribution in [2.75, 3.05) is 26.2 Å². The first-order valence-corrected chi connectivity index (χ1v) is 8.54. The Morgan fingerprint density at radius 2 is 1.62 bits per heavy atom. The van der Waals surface area contributed by atoms with Crippen LogP contribution in [-0.4, -0.2) is 46.9 Å². The molecule has 0 saturated carbocycles. The number of benzene rings is 2. The van der Waals surface area contributed by atoms with Gasteiger partial charge in [0.25, 0.3) is 0 Å². The summed E-state index contributed by atoms with van der Waals surface area (Å²) >= 11 is 5.93. The molecule has 1 aliphatic rings. The minimum absolute atomic E-state index is 0.280. The second-order valence-corrected chi connectivity index (χ2v) is 6.52. The van der Waals surface area contributed by atoms with Gasteiger partial charge in [0.15, 0.2) is 0 Å². The highest BCUT2D eigenvalue weighted by Gasteiger charge is 2.16. The lowest BCUT2D eigenvalue weighted by atomic mass is 10.1. The largest absolute Gasteiger partial charge is 0.508 e. The average Bonchev–Trinajstić information content (AvgIpc) is 2.59. The Bertz CT molecular complexity index is 690. The summed E-state index contributed by atoms with van der Waals surface area (Å²) in [6, 6.07) is 15.2. The molecule has 0 spiro atoms. The van der Waals surface area contributed by atoms with E-state index < -0.39 is 0 Å². The van der Waals surface area contributed by atoms with Gasteiger partial charge in [-0.3, -0.25) is 9.91 Å². The lowest BCUT2D eigenvalue weighted by molar-refractivity contribution is 0.130. The summed E-state index contributed by atoms with van der Waals surface area (Å²) in [7, 11) is 0. The average molecular weight is 344 g/mol. The Morgan fingerprint density at radius 3 is 2.25 bits per heavy atom. The zero-order valence-corrected chi connectivity index (χ0v) is 14.6. The van der Waals surface area contributed by atoms with E-state index in [0.29, 0.717) is 0 Å². The smallest absolute Gasteiger partial charge is 0.115 e. The highest BCUT2D eigenvalue weighted by atomic mass is 35.5. The lowest BCUT2D eigenvalue weighted by Crippen LogP contribution is -2.43. The van der Waals surface area contributed by atoms with Crippen molar-refractivity contribution in [2.45, 2.75) is 13.5 Å². The maximum absolute atomic E-state index is 9.36.